The maximum Gasteiger partial charge on any atom is 1.00 e. The van der Waals surface area contributed by atoms with E-state index in [0.717, 1.165) is 5.39 Å². The van der Waals surface area contributed by atoms with E-state index in [2.05, 4.69) is 0 Å². The fourth-order valence-electron chi connectivity index (χ4n) is 2.30. The van der Waals surface area contributed by atoms with Crippen LogP contribution in [0.1, 0.15) is 1.43 Å². The summed E-state index contributed by atoms with van der Waals surface area (Å²) in [7, 11) is -4.38. The monoisotopic (exact) mass is 334 g/mol. The van der Waals surface area contributed by atoms with Crippen LogP contribution < -0.4 is 18.9 Å². The zero-order valence-electron chi connectivity index (χ0n) is 12.0. The molecule has 3 aromatic rings. The van der Waals surface area contributed by atoms with Crippen LogP contribution in [-0.4, -0.2) is 13.0 Å². The van der Waals surface area contributed by atoms with Crippen molar-refractivity contribution in [2.24, 2.45) is 0 Å². The molecule has 0 unspecified atom stereocenters. The van der Waals surface area contributed by atoms with Crippen molar-refractivity contribution in [1.29, 1.82) is 0 Å². The second kappa shape index (κ2) is 5.81. The molecule has 0 aliphatic rings. The van der Waals surface area contributed by atoms with Crippen LogP contribution in [-0.2, 0) is 10.1 Å². The Morgan fingerprint density at radius 1 is 0.857 bits per heavy atom. The molecular weight excluding hydrogens is 326 g/mol. The quantitative estimate of drug-likeness (QED) is 0.418. The average Bonchev–Trinajstić information content (AvgIpc) is 2.43. The second-order valence-corrected chi connectivity index (χ2v) is 6.47. The molecule has 1 N–H and O–H groups in total. The van der Waals surface area contributed by atoms with E-state index < -0.39 is 10.1 Å². The Hall–Kier alpha value is -0.733. The van der Waals surface area contributed by atoms with E-state index in [9.17, 15) is 13.0 Å². The summed E-state index contributed by atoms with van der Waals surface area (Å²) in [4.78, 5) is -0.243. The van der Waals surface area contributed by atoms with Crippen molar-refractivity contribution in [3.8, 4) is 0 Å². The Balaban J connectivity index is 0.00000121. The summed E-state index contributed by atoms with van der Waals surface area (Å²) in [5, 5.41) is 2.77. The molecule has 0 heterocycles. The first-order chi connectivity index (χ1) is 9.41. The molecule has 0 atom stereocenters. The number of fused-ring (bicyclic) bond motifs is 2. The Morgan fingerprint density at radius 3 is 1.95 bits per heavy atom. The maximum atomic E-state index is 11.5. The molecule has 0 aliphatic carbocycles. The number of benzene rings is 3. The van der Waals surface area contributed by atoms with Crippen LogP contribution in [0.15, 0.2) is 47.4 Å². The predicted molar refractivity (Wildman–Crippen MR) is 82.4 cm³/mol. The fourth-order valence-corrected chi connectivity index (χ4v) is 3.77. The molecule has 0 spiro atoms. The largest absolute Gasteiger partial charge is 1.00 e. The first-order valence-electron chi connectivity index (χ1n) is 5.67. The van der Waals surface area contributed by atoms with Crippen molar-refractivity contribution >= 4 is 54.9 Å². The summed E-state index contributed by atoms with van der Waals surface area (Å²) in [6.45, 7) is 0. The molecule has 7 heteroatoms. The molecule has 21 heavy (non-hydrogen) atoms. The molecule has 0 amide bonds. The number of halogens is 2. The van der Waals surface area contributed by atoms with E-state index >= 15 is 0 Å². The van der Waals surface area contributed by atoms with E-state index in [1.807, 2.05) is 12.1 Å². The molecule has 0 fully saturated rings. The van der Waals surface area contributed by atoms with Crippen molar-refractivity contribution < 1.29 is 33.3 Å². The van der Waals surface area contributed by atoms with Gasteiger partial charge in [-0.3, -0.25) is 4.55 Å². The molecule has 3 aromatic carbocycles. The van der Waals surface area contributed by atoms with Gasteiger partial charge in [0.15, 0.2) is 0 Å². The van der Waals surface area contributed by atoms with E-state index in [1.165, 1.54) is 12.1 Å². The van der Waals surface area contributed by atoms with Crippen LogP contribution in [0.4, 0.5) is 0 Å². The molecule has 0 aromatic heterocycles. The minimum Gasteiger partial charge on any atom is -1.00 e. The Morgan fingerprint density at radius 2 is 1.38 bits per heavy atom. The van der Waals surface area contributed by atoms with Crippen LogP contribution in [0.5, 0.6) is 0 Å². The molecule has 0 radical (unpaired) electrons. The van der Waals surface area contributed by atoms with Gasteiger partial charge in [0, 0.05) is 21.5 Å². The van der Waals surface area contributed by atoms with E-state index in [0.29, 0.717) is 15.8 Å². The Bertz CT molecular complexity index is 961. The van der Waals surface area contributed by atoms with Crippen molar-refractivity contribution in [2.45, 2.75) is 4.90 Å². The fraction of sp³-hybridized carbons (Fsp3) is 0. The van der Waals surface area contributed by atoms with E-state index in [4.69, 9.17) is 23.2 Å². The van der Waals surface area contributed by atoms with Crippen LogP contribution in [0.25, 0.3) is 21.5 Å². The standard InChI is InChI=1S/C14H8Cl2O3S.Li.H/c15-13-8-4-1-2-5-9(8)14(16)12-10(13)6-3-7-11(12)20(17,18)19;;/h1-7H,(H,17,18,19);;/q;+1;-1. The van der Waals surface area contributed by atoms with Gasteiger partial charge in [-0.1, -0.05) is 59.6 Å². The van der Waals surface area contributed by atoms with Gasteiger partial charge < -0.3 is 1.43 Å². The number of hydrogen-bond donors (Lipinski definition) is 1. The van der Waals surface area contributed by atoms with E-state index in [1.54, 1.807) is 18.2 Å². The normalized spacial score (nSPS) is 11.6. The summed E-state index contributed by atoms with van der Waals surface area (Å²) in [5.74, 6) is 0. The van der Waals surface area contributed by atoms with Gasteiger partial charge in [-0.15, -0.1) is 0 Å². The van der Waals surface area contributed by atoms with Gasteiger partial charge in [0.2, 0.25) is 0 Å². The SMILES string of the molecule is O=S(=O)(O)c1cccc2c(Cl)c3ccccc3c(Cl)c12.[H-].[Li+]. The van der Waals surface area contributed by atoms with Gasteiger partial charge >= 0.3 is 18.9 Å². The van der Waals surface area contributed by atoms with E-state index in [-0.39, 0.29) is 35.6 Å². The van der Waals surface area contributed by atoms with Crippen molar-refractivity contribution in [3.05, 3.63) is 52.5 Å². The summed E-state index contributed by atoms with van der Waals surface area (Å²) in [5.41, 5.74) is 0. The first kappa shape index (κ1) is 16.6. The van der Waals surface area contributed by atoms with Gasteiger partial charge in [0.25, 0.3) is 10.1 Å². The van der Waals surface area contributed by atoms with Crippen LogP contribution in [0.3, 0.4) is 0 Å². The minimum absolute atomic E-state index is 0. The van der Waals surface area contributed by atoms with Crippen LogP contribution >= 0.6 is 23.2 Å². The van der Waals surface area contributed by atoms with Crippen molar-refractivity contribution in [3.63, 3.8) is 0 Å². The third-order valence-electron chi connectivity index (χ3n) is 3.16. The van der Waals surface area contributed by atoms with Gasteiger partial charge in [0.05, 0.1) is 10.0 Å². The summed E-state index contributed by atoms with van der Waals surface area (Å²) < 4.78 is 32.3. The van der Waals surface area contributed by atoms with Gasteiger partial charge in [-0.25, -0.2) is 0 Å². The smallest absolute Gasteiger partial charge is 1.00 e. The molecule has 104 valence electrons. The van der Waals surface area contributed by atoms with Crippen LogP contribution in [0, 0.1) is 0 Å². The molecule has 3 rings (SSSR count). The second-order valence-electron chi connectivity index (χ2n) is 4.33. The first-order valence-corrected chi connectivity index (χ1v) is 7.87. The summed E-state index contributed by atoms with van der Waals surface area (Å²) in [6.07, 6.45) is 0. The molecule has 3 nitrogen and oxygen atoms in total. The number of rotatable bonds is 1. The molecular formula is C14H9Cl2LiO3S. The van der Waals surface area contributed by atoms with Crippen molar-refractivity contribution in [2.75, 3.05) is 0 Å². The Kier molecular flexibility index (Phi) is 4.60. The van der Waals surface area contributed by atoms with Crippen molar-refractivity contribution in [1.82, 2.24) is 0 Å². The summed E-state index contributed by atoms with van der Waals surface area (Å²) in [6, 6.07) is 11.7. The third-order valence-corrected chi connectivity index (χ3v) is 4.86. The zero-order valence-corrected chi connectivity index (χ0v) is 13.3. The van der Waals surface area contributed by atoms with Gasteiger partial charge in [-0.2, -0.15) is 8.42 Å². The number of hydrogen-bond acceptors (Lipinski definition) is 2. The van der Waals surface area contributed by atoms with Gasteiger partial charge in [0.1, 0.15) is 4.90 Å². The topological polar surface area (TPSA) is 54.4 Å². The molecule has 0 saturated carbocycles. The van der Waals surface area contributed by atoms with Gasteiger partial charge in [-0.05, 0) is 6.07 Å². The third kappa shape index (κ3) is 2.68. The molecule has 0 aliphatic heterocycles. The molecule has 0 bridgehead atoms. The predicted octanol–water partition coefficient (Wildman–Crippen LogP) is 1.66. The zero-order chi connectivity index (χ0) is 14.5. The minimum atomic E-state index is -4.38. The average molecular weight is 335 g/mol. The maximum absolute atomic E-state index is 11.5. The van der Waals surface area contributed by atoms with Crippen LogP contribution in [0.2, 0.25) is 10.0 Å². The Labute approximate surface area is 145 Å². The summed E-state index contributed by atoms with van der Waals surface area (Å²) >= 11 is 12.7. The molecule has 0 saturated heterocycles.